The Hall–Kier alpha value is -2.56. The predicted octanol–water partition coefficient (Wildman–Crippen LogP) is 3.08. The van der Waals surface area contributed by atoms with Crippen LogP contribution in [0.2, 0.25) is 0 Å². The van der Waals surface area contributed by atoms with Crippen LogP contribution >= 0.6 is 0 Å². The minimum Gasteiger partial charge on any atom is -0.463 e. The molecule has 23 heavy (non-hydrogen) atoms. The zero-order valence-electron chi connectivity index (χ0n) is 13.5. The van der Waals surface area contributed by atoms with Crippen molar-refractivity contribution in [3.63, 3.8) is 0 Å². The number of carbonyl (C=O) groups is 2. The Morgan fingerprint density at radius 3 is 2.26 bits per heavy atom. The lowest BCUT2D eigenvalue weighted by molar-refractivity contribution is -0.143. The van der Waals surface area contributed by atoms with Gasteiger partial charge in [0.25, 0.3) is 0 Å². The van der Waals surface area contributed by atoms with Crippen LogP contribution in [-0.4, -0.2) is 25.2 Å². The molecule has 0 saturated heterocycles. The van der Waals surface area contributed by atoms with Crippen LogP contribution in [0, 0.1) is 0 Å². The summed E-state index contributed by atoms with van der Waals surface area (Å²) in [5, 5.41) is 0. The normalized spacial score (nSPS) is 17.2. The quantitative estimate of drug-likeness (QED) is 0.781. The molecule has 122 valence electrons. The Balaban J connectivity index is 2.44. The molecular weight excluding hydrogens is 296 g/mol. The first-order chi connectivity index (χ1) is 11.1. The van der Waals surface area contributed by atoms with Gasteiger partial charge in [0.15, 0.2) is 0 Å². The highest BCUT2D eigenvalue weighted by Crippen LogP contribution is 2.35. The highest BCUT2D eigenvalue weighted by molar-refractivity contribution is 5.94. The van der Waals surface area contributed by atoms with Crippen molar-refractivity contribution >= 4 is 11.9 Å². The van der Waals surface area contributed by atoms with E-state index in [9.17, 15) is 9.59 Å². The maximum absolute atomic E-state index is 12.3. The lowest BCUT2D eigenvalue weighted by Gasteiger charge is -2.25. The van der Waals surface area contributed by atoms with Crippen molar-refractivity contribution in [3.05, 3.63) is 59.1 Å². The zero-order valence-corrected chi connectivity index (χ0v) is 13.5. The number of allylic oxidation sites excluding steroid dienone is 2. The summed E-state index contributed by atoms with van der Waals surface area (Å²) in [4.78, 5) is 24.3. The topological polar surface area (TPSA) is 61.8 Å². The van der Waals surface area contributed by atoms with Crippen LogP contribution in [0.25, 0.3) is 0 Å². The van der Waals surface area contributed by atoms with E-state index in [2.05, 4.69) is 0 Å². The molecule has 2 rings (SSSR count). The average molecular weight is 316 g/mol. The molecule has 5 heteroatoms. The van der Waals surface area contributed by atoms with E-state index in [1.807, 2.05) is 30.3 Å². The number of benzene rings is 1. The lowest BCUT2D eigenvalue weighted by Crippen LogP contribution is -2.23. The minimum absolute atomic E-state index is 0.0891. The van der Waals surface area contributed by atoms with Gasteiger partial charge in [-0.3, -0.25) is 0 Å². The van der Waals surface area contributed by atoms with Gasteiger partial charge in [-0.2, -0.15) is 0 Å². The fourth-order valence-electron chi connectivity index (χ4n) is 2.42. The number of rotatable bonds is 5. The van der Waals surface area contributed by atoms with E-state index >= 15 is 0 Å². The van der Waals surface area contributed by atoms with E-state index in [1.54, 1.807) is 26.8 Å². The summed E-state index contributed by atoms with van der Waals surface area (Å²) in [5.41, 5.74) is 1.27. The van der Waals surface area contributed by atoms with Crippen LogP contribution in [0.15, 0.2) is 53.5 Å². The number of esters is 2. The molecule has 0 N–H and O–H groups in total. The van der Waals surface area contributed by atoms with E-state index in [4.69, 9.17) is 14.2 Å². The zero-order chi connectivity index (χ0) is 16.8. The second-order valence-corrected chi connectivity index (χ2v) is 4.93. The molecule has 1 atom stereocenters. The molecule has 0 amide bonds. The second kappa shape index (κ2) is 7.63. The third-order valence-corrected chi connectivity index (χ3v) is 3.40. The van der Waals surface area contributed by atoms with E-state index in [0.717, 1.165) is 5.56 Å². The average Bonchev–Trinajstić information content (AvgIpc) is 2.55. The molecule has 1 aliphatic rings. The van der Waals surface area contributed by atoms with E-state index in [1.165, 1.54) is 0 Å². The number of hydrogen-bond acceptors (Lipinski definition) is 5. The summed E-state index contributed by atoms with van der Waals surface area (Å²) < 4.78 is 15.6. The monoisotopic (exact) mass is 316 g/mol. The van der Waals surface area contributed by atoms with Gasteiger partial charge in [-0.15, -0.1) is 0 Å². The maximum Gasteiger partial charge on any atom is 0.373 e. The molecule has 0 aliphatic carbocycles. The third-order valence-electron chi connectivity index (χ3n) is 3.40. The maximum atomic E-state index is 12.3. The minimum atomic E-state index is -0.546. The van der Waals surface area contributed by atoms with Gasteiger partial charge >= 0.3 is 11.9 Å². The Morgan fingerprint density at radius 1 is 1.04 bits per heavy atom. The predicted molar refractivity (Wildman–Crippen MR) is 84.3 cm³/mol. The molecule has 1 aromatic rings. The summed E-state index contributed by atoms with van der Waals surface area (Å²) in [7, 11) is 0. The summed E-state index contributed by atoms with van der Waals surface area (Å²) >= 11 is 0. The Kier molecular flexibility index (Phi) is 5.57. The van der Waals surface area contributed by atoms with Crippen LogP contribution in [0.5, 0.6) is 0 Å². The smallest absolute Gasteiger partial charge is 0.373 e. The van der Waals surface area contributed by atoms with Crippen LogP contribution in [0.3, 0.4) is 0 Å². The van der Waals surface area contributed by atoms with Crippen LogP contribution in [0.1, 0.15) is 32.3 Å². The largest absolute Gasteiger partial charge is 0.463 e. The highest BCUT2D eigenvalue weighted by atomic mass is 16.6. The molecule has 1 aromatic carbocycles. The first-order valence-corrected chi connectivity index (χ1v) is 7.58. The fourth-order valence-corrected chi connectivity index (χ4v) is 2.42. The standard InChI is InChI=1S/C18H20O5/c1-4-21-17(19)15-11-14(13-9-7-6-8-10-13)16(12(3)23-15)18(20)22-5-2/h6-11,14H,4-5H2,1-3H3. The summed E-state index contributed by atoms with van der Waals surface area (Å²) in [6, 6.07) is 9.42. The van der Waals surface area contributed by atoms with Crippen molar-refractivity contribution in [2.75, 3.05) is 13.2 Å². The second-order valence-electron chi connectivity index (χ2n) is 4.93. The molecular formula is C18H20O5. The first kappa shape index (κ1) is 16.8. The van der Waals surface area contributed by atoms with Crippen molar-refractivity contribution in [1.29, 1.82) is 0 Å². The van der Waals surface area contributed by atoms with Crippen molar-refractivity contribution < 1.29 is 23.8 Å². The Labute approximate surface area is 135 Å². The fraction of sp³-hybridized carbons (Fsp3) is 0.333. The summed E-state index contributed by atoms with van der Waals surface area (Å²) in [6.07, 6.45) is 1.60. The lowest BCUT2D eigenvalue weighted by atomic mass is 9.88. The van der Waals surface area contributed by atoms with E-state index in [-0.39, 0.29) is 19.0 Å². The third kappa shape index (κ3) is 3.80. The molecule has 5 nitrogen and oxygen atoms in total. The van der Waals surface area contributed by atoms with Gasteiger partial charge in [0.1, 0.15) is 5.76 Å². The molecule has 0 bridgehead atoms. The molecule has 0 spiro atoms. The van der Waals surface area contributed by atoms with Crippen molar-refractivity contribution in [2.24, 2.45) is 0 Å². The van der Waals surface area contributed by atoms with Crippen molar-refractivity contribution in [1.82, 2.24) is 0 Å². The van der Waals surface area contributed by atoms with E-state index < -0.39 is 17.9 Å². The Morgan fingerprint density at radius 2 is 1.65 bits per heavy atom. The summed E-state index contributed by atoms with van der Waals surface area (Å²) in [6.45, 7) is 5.64. The number of hydrogen-bond donors (Lipinski definition) is 0. The molecule has 1 aliphatic heterocycles. The van der Waals surface area contributed by atoms with Crippen molar-refractivity contribution in [2.45, 2.75) is 26.7 Å². The van der Waals surface area contributed by atoms with Gasteiger partial charge in [0.2, 0.25) is 5.76 Å². The SMILES string of the molecule is CCOC(=O)C1=CC(c2ccccc2)C(C(=O)OCC)=C(C)O1. The van der Waals surface area contributed by atoms with Gasteiger partial charge in [0, 0.05) is 5.92 Å². The van der Waals surface area contributed by atoms with Gasteiger partial charge in [0.05, 0.1) is 18.8 Å². The Bertz CT molecular complexity index is 643. The first-order valence-electron chi connectivity index (χ1n) is 7.58. The molecule has 0 aromatic heterocycles. The van der Waals surface area contributed by atoms with Gasteiger partial charge in [-0.1, -0.05) is 30.3 Å². The molecule has 1 heterocycles. The van der Waals surface area contributed by atoms with E-state index in [0.29, 0.717) is 11.3 Å². The number of carbonyl (C=O) groups excluding carboxylic acids is 2. The molecule has 0 fully saturated rings. The van der Waals surface area contributed by atoms with Crippen LogP contribution in [-0.2, 0) is 23.8 Å². The van der Waals surface area contributed by atoms with Gasteiger partial charge < -0.3 is 14.2 Å². The molecule has 0 saturated carbocycles. The number of ether oxygens (including phenoxy) is 3. The highest BCUT2D eigenvalue weighted by Gasteiger charge is 2.32. The van der Waals surface area contributed by atoms with Gasteiger partial charge in [-0.25, -0.2) is 9.59 Å². The molecule has 1 unspecified atom stereocenters. The van der Waals surface area contributed by atoms with Gasteiger partial charge in [-0.05, 0) is 32.4 Å². The summed E-state index contributed by atoms with van der Waals surface area (Å²) in [5.74, 6) is -0.966. The van der Waals surface area contributed by atoms with Crippen LogP contribution < -0.4 is 0 Å². The van der Waals surface area contributed by atoms with Crippen LogP contribution in [0.4, 0.5) is 0 Å². The molecule has 0 radical (unpaired) electrons. The van der Waals surface area contributed by atoms with Crippen molar-refractivity contribution in [3.8, 4) is 0 Å².